The number of aromatic nitrogens is 6. The van der Waals surface area contributed by atoms with E-state index >= 15 is 0 Å². The smallest absolute Gasteiger partial charge is 0.255 e. The molecule has 8 heteroatoms. The molecular formula is C13H13N7O. The third-order valence-corrected chi connectivity index (χ3v) is 3.77. The molecule has 4 heterocycles. The summed E-state index contributed by atoms with van der Waals surface area (Å²) in [4.78, 5) is 18.6. The zero-order chi connectivity index (χ0) is 14.4. The van der Waals surface area contributed by atoms with E-state index in [1.54, 1.807) is 35.1 Å². The molecule has 8 nitrogen and oxygen atoms in total. The summed E-state index contributed by atoms with van der Waals surface area (Å²) in [6, 6.07) is 1.74. The summed E-state index contributed by atoms with van der Waals surface area (Å²) in [5.74, 6) is -0.0399. The summed E-state index contributed by atoms with van der Waals surface area (Å²) >= 11 is 0. The first-order valence-electron chi connectivity index (χ1n) is 6.68. The Kier molecular flexibility index (Phi) is 2.50. The Labute approximate surface area is 119 Å². The summed E-state index contributed by atoms with van der Waals surface area (Å²) in [7, 11) is 1.77. The van der Waals surface area contributed by atoms with Gasteiger partial charge in [0.25, 0.3) is 5.91 Å². The predicted molar refractivity (Wildman–Crippen MR) is 73.3 cm³/mol. The van der Waals surface area contributed by atoms with E-state index < -0.39 is 0 Å². The van der Waals surface area contributed by atoms with Crippen LogP contribution in [0.1, 0.15) is 21.6 Å². The molecule has 0 saturated carbocycles. The van der Waals surface area contributed by atoms with Crippen LogP contribution in [0.3, 0.4) is 0 Å². The molecule has 106 valence electrons. The first-order chi connectivity index (χ1) is 10.2. The highest BCUT2D eigenvalue weighted by molar-refractivity contribution is 5.96. The second kappa shape index (κ2) is 4.37. The van der Waals surface area contributed by atoms with E-state index in [1.165, 1.54) is 0 Å². The van der Waals surface area contributed by atoms with Gasteiger partial charge in [-0.2, -0.15) is 5.10 Å². The Morgan fingerprint density at radius 1 is 1.38 bits per heavy atom. The van der Waals surface area contributed by atoms with Crippen molar-refractivity contribution in [2.24, 2.45) is 7.05 Å². The molecule has 0 saturated heterocycles. The highest BCUT2D eigenvalue weighted by atomic mass is 16.2. The molecule has 1 aliphatic heterocycles. The molecule has 1 N–H and O–H groups in total. The van der Waals surface area contributed by atoms with E-state index in [0.29, 0.717) is 29.8 Å². The maximum absolute atomic E-state index is 12.6. The highest BCUT2D eigenvalue weighted by Gasteiger charge is 2.23. The number of nitrogens with one attached hydrogen (secondary N) is 1. The molecule has 0 aliphatic carbocycles. The number of amides is 1. The molecule has 0 radical (unpaired) electrons. The molecule has 0 aromatic carbocycles. The number of aromatic amines is 1. The van der Waals surface area contributed by atoms with Crippen molar-refractivity contribution in [1.29, 1.82) is 0 Å². The van der Waals surface area contributed by atoms with Crippen LogP contribution in [0.4, 0.5) is 0 Å². The van der Waals surface area contributed by atoms with Crippen LogP contribution in [-0.4, -0.2) is 47.5 Å². The molecular weight excluding hydrogens is 270 g/mol. The van der Waals surface area contributed by atoms with Gasteiger partial charge in [0.2, 0.25) is 0 Å². The maximum atomic E-state index is 12.6. The van der Waals surface area contributed by atoms with Gasteiger partial charge < -0.3 is 4.90 Å². The lowest BCUT2D eigenvalue weighted by Crippen LogP contribution is -2.35. The van der Waals surface area contributed by atoms with Crippen LogP contribution in [0.2, 0.25) is 0 Å². The number of carbonyl (C=O) groups is 1. The van der Waals surface area contributed by atoms with Gasteiger partial charge in [-0.05, 0) is 6.07 Å². The molecule has 3 aromatic rings. The van der Waals surface area contributed by atoms with Gasteiger partial charge in [0.1, 0.15) is 5.52 Å². The largest absolute Gasteiger partial charge is 0.334 e. The van der Waals surface area contributed by atoms with E-state index in [9.17, 15) is 4.79 Å². The molecule has 0 unspecified atom stereocenters. The van der Waals surface area contributed by atoms with Crippen LogP contribution in [0.15, 0.2) is 18.5 Å². The number of aryl methyl sites for hydroxylation is 1. The molecule has 21 heavy (non-hydrogen) atoms. The number of hydrogen-bond donors (Lipinski definition) is 1. The van der Waals surface area contributed by atoms with Gasteiger partial charge in [-0.1, -0.05) is 5.21 Å². The second-order valence-electron chi connectivity index (χ2n) is 5.13. The van der Waals surface area contributed by atoms with Gasteiger partial charge in [-0.3, -0.25) is 9.89 Å². The average molecular weight is 283 g/mol. The van der Waals surface area contributed by atoms with Gasteiger partial charge in [-0.25, -0.2) is 9.67 Å². The minimum absolute atomic E-state index is 0.0399. The number of hydrogen-bond acceptors (Lipinski definition) is 5. The Morgan fingerprint density at radius 2 is 2.29 bits per heavy atom. The van der Waals surface area contributed by atoms with Crippen LogP contribution in [0, 0.1) is 0 Å². The van der Waals surface area contributed by atoms with E-state index in [2.05, 4.69) is 25.5 Å². The topological polar surface area (TPSA) is 92.6 Å². The summed E-state index contributed by atoms with van der Waals surface area (Å²) in [6.45, 7) is 1.25. The number of H-pyrrole nitrogens is 1. The van der Waals surface area contributed by atoms with E-state index in [0.717, 1.165) is 17.7 Å². The van der Waals surface area contributed by atoms with Gasteiger partial charge >= 0.3 is 0 Å². The number of carbonyl (C=O) groups excluding carboxylic acids is 1. The summed E-state index contributed by atoms with van der Waals surface area (Å²) < 4.78 is 1.59. The first kappa shape index (κ1) is 12.0. The molecule has 3 aromatic heterocycles. The minimum atomic E-state index is -0.0399. The van der Waals surface area contributed by atoms with Crippen molar-refractivity contribution in [2.75, 3.05) is 6.54 Å². The number of fused-ring (bicyclic) bond motifs is 2. The van der Waals surface area contributed by atoms with Gasteiger partial charge in [0, 0.05) is 44.0 Å². The van der Waals surface area contributed by atoms with Crippen molar-refractivity contribution in [3.8, 4) is 0 Å². The molecule has 0 bridgehead atoms. The van der Waals surface area contributed by atoms with E-state index in [-0.39, 0.29) is 5.91 Å². The Hall–Kier alpha value is -2.77. The highest BCUT2D eigenvalue weighted by Crippen LogP contribution is 2.19. The van der Waals surface area contributed by atoms with Gasteiger partial charge in [0.05, 0.1) is 11.8 Å². The molecule has 0 spiro atoms. The molecule has 0 fully saturated rings. The van der Waals surface area contributed by atoms with Crippen molar-refractivity contribution < 1.29 is 4.79 Å². The van der Waals surface area contributed by atoms with Gasteiger partial charge in [0.15, 0.2) is 5.65 Å². The molecule has 1 amide bonds. The fourth-order valence-electron chi connectivity index (χ4n) is 2.62. The SMILES string of the molecule is Cn1nnc2cc(C(=O)N3CCc4[nH]ncc4C3)cnc21. The van der Waals surface area contributed by atoms with Crippen molar-refractivity contribution in [1.82, 2.24) is 35.1 Å². The Bertz CT molecular complexity index is 834. The number of rotatable bonds is 1. The lowest BCUT2D eigenvalue weighted by Gasteiger charge is -2.26. The van der Waals surface area contributed by atoms with Crippen LogP contribution in [0.5, 0.6) is 0 Å². The normalized spacial score (nSPS) is 14.4. The summed E-state index contributed by atoms with van der Waals surface area (Å²) in [5.41, 5.74) is 4.02. The zero-order valence-electron chi connectivity index (χ0n) is 11.4. The lowest BCUT2D eigenvalue weighted by atomic mass is 10.1. The van der Waals surface area contributed by atoms with Crippen LogP contribution >= 0.6 is 0 Å². The fourth-order valence-corrected chi connectivity index (χ4v) is 2.62. The standard InChI is InChI=1S/C13H13N7O/c1-19-12-11(17-18-19)4-8(5-14-12)13(21)20-3-2-10-9(7-20)6-15-16-10/h4-6H,2-3,7H2,1H3,(H,15,16). The third-order valence-electron chi connectivity index (χ3n) is 3.77. The summed E-state index contributed by atoms with van der Waals surface area (Å²) in [5, 5.41) is 14.9. The molecule has 1 aliphatic rings. The Morgan fingerprint density at radius 3 is 3.19 bits per heavy atom. The maximum Gasteiger partial charge on any atom is 0.255 e. The van der Waals surface area contributed by atoms with Crippen molar-refractivity contribution in [2.45, 2.75) is 13.0 Å². The third kappa shape index (κ3) is 1.87. The van der Waals surface area contributed by atoms with Crippen LogP contribution in [0.25, 0.3) is 11.2 Å². The molecule has 4 rings (SSSR count). The van der Waals surface area contributed by atoms with Crippen molar-refractivity contribution in [3.05, 3.63) is 35.3 Å². The van der Waals surface area contributed by atoms with Crippen LogP contribution in [-0.2, 0) is 20.0 Å². The number of pyridine rings is 1. The number of nitrogens with zero attached hydrogens (tertiary/aromatic N) is 6. The summed E-state index contributed by atoms with van der Waals surface area (Å²) in [6.07, 6.45) is 4.15. The quantitative estimate of drug-likeness (QED) is 0.692. The van der Waals surface area contributed by atoms with Crippen molar-refractivity contribution in [3.63, 3.8) is 0 Å². The average Bonchev–Trinajstić information content (AvgIpc) is 3.12. The predicted octanol–water partition coefficient (Wildman–Crippen LogP) is 0.285. The first-order valence-corrected chi connectivity index (χ1v) is 6.68. The fraction of sp³-hybridized carbons (Fsp3) is 0.308. The second-order valence-corrected chi connectivity index (χ2v) is 5.13. The van der Waals surface area contributed by atoms with Crippen LogP contribution < -0.4 is 0 Å². The lowest BCUT2D eigenvalue weighted by molar-refractivity contribution is 0.0734. The van der Waals surface area contributed by atoms with E-state index in [1.807, 2.05) is 0 Å². The molecule has 0 atom stereocenters. The van der Waals surface area contributed by atoms with Gasteiger partial charge in [-0.15, -0.1) is 5.10 Å². The Balaban J connectivity index is 1.64. The minimum Gasteiger partial charge on any atom is -0.334 e. The monoisotopic (exact) mass is 283 g/mol. The zero-order valence-corrected chi connectivity index (χ0v) is 11.4. The van der Waals surface area contributed by atoms with Crippen molar-refractivity contribution >= 4 is 17.1 Å². The van der Waals surface area contributed by atoms with E-state index in [4.69, 9.17) is 0 Å².